The zero-order valence-electron chi connectivity index (χ0n) is 22.4. The Bertz CT molecular complexity index is 1290. The summed E-state index contributed by atoms with van der Waals surface area (Å²) in [7, 11) is -3.45. The van der Waals surface area contributed by atoms with Crippen LogP contribution in [0.15, 0.2) is 83.8 Å². The molecule has 1 saturated heterocycles. The van der Waals surface area contributed by atoms with Crippen LogP contribution in [-0.4, -0.2) is 62.9 Å². The zero-order valence-corrected chi connectivity index (χ0v) is 23.2. The Morgan fingerprint density at radius 2 is 1.50 bits per heavy atom. The number of benzene rings is 3. The minimum atomic E-state index is -3.45. The van der Waals surface area contributed by atoms with Crippen LogP contribution in [0.25, 0.3) is 0 Å². The average molecular weight is 536 g/mol. The van der Waals surface area contributed by atoms with Gasteiger partial charge in [0.25, 0.3) is 5.91 Å². The van der Waals surface area contributed by atoms with Gasteiger partial charge in [0.1, 0.15) is 12.4 Å². The predicted octanol–water partition coefficient (Wildman–Crippen LogP) is 4.30. The van der Waals surface area contributed by atoms with Gasteiger partial charge in [-0.1, -0.05) is 63.2 Å². The highest BCUT2D eigenvalue weighted by molar-refractivity contribution is 7.89. The van der Waals surface area contributed by atoms with Gasteiger partial charge in [0.05, 0.1) is 11.4 Å². The Hall–Kier alpha value is -3.20. The third-order valence-corrected chi connectivity index (χ3v) is 8.62. The van der Waals surface area contributed by atoms with Crippen molar-refractivity contribution in [1.82, 2.24) is 14.5 Å². The number of ether oxygens (including phenoxy) is 1. The van der Waals surface area contributed by atoms with Crippen molar-refractivity contribution in [2.45, 2.75) is 37.6 Å². The fraction of sp³-hybridized carbons (Fsp3) is 0.367. The molecule has 0 aromatic heterocycles. The lowest BCUT2D eigenvalue weighted by Gasteiger charge is -2.34. The number of rotatable bonds is 9. The van der Waals surface area contributed by atoms with Crippen molar-refractivity contribution >= 4 is 15.9 Å². The highest BCUT2D eigenvalue weighted by atomic mass is 32.2. The molecule has 7 nitrogen and oxygen atoms in total. The molecule has 0 aliphatic carbocycles. The predicted molar refractivity (Wildman–Crippen MR) is 150 cm³/mol. The number of hydrogen-bond donors (Lipinski definition) is 1. The highest BCUT2D eigenvalue weighted by Crippen LogP contribution is 2.24. The third-order valence-electron chi connectivity index (χ3n) is 6.71. The maximum atomic E-state index is 12.8. The van der Waals surface area contributed by atoms with E-state index in [1.165, 1.54) is 5.56 Å². The van der Waals surface area contributed by atoms with Gasteiger partial charge in [-0.3, -0.25) is 9.69 Å². The van der Waals surface area contributed by atoms with E-state index in [9.17, 15) is 13.2 Å². The van der Waals surface area contributed by atoms with Gasteiger partial charge < -0.3 is 10.1 Å². The molecule has 202 valence electrons. The summed E-state index contributed by atoms with van der Waals surface area (Å²) in [5, 5.41) is 2.90. The Labute approximate surface area is 226 Å². The topological polar surface area (TPSA) is 79.0 Å². The van der Waals surface area contributed by atoms with E-state index in [-0.39, 0.29) is 11.3 Å². The number of carbonyl (C=O) groups excluding carboxylic acids is 1. The number of hydrogen-bond acceptors (Lipinski definition) is 5. The molecule has 1 fully saturated rings. The van der Waals surface area contributed by atoms with E-state index in [2.05, 4.69) is 43.1 Å². The Morgan fingerprint density at radius 3 is 2.11 bits per heavy atom. The Balaban J connectivity index is 1.19. The molecular weight excluding hydrogens is 498 g/mol. The number of carbonyl (C=O) groups is 1. The third kappa shape index (κ3) is 7.22. The van der Waals surface area contributed by atoms with Crippen molar-refractivity contribution in [1.29, 1.82) is 0 Å². The molecule has 1 aliphatic rings. The van der Waals surface area contributed by atoms with Crippen LogP contribution < -0.4 is 10.1 Å². The Kier molecular flexibility index (Phi) is 8.87. The molecule has 0 spiro atoms. The molecule has 0 radical (unpaired) electrons. The van der Waals surface area contributed by atoms with Crippen LogP contribution in [0.4, 0.5) is 0 Å². The van der Waals surface area contributed by atoms with Crippen molar-refractivity contribution in [2.24, 2.45) is 0 Å². The SMILES string of the molecule is CC(C)(C)c1ccc(OCCNC(=O)c2ccc(CN3CCN(S(=O)(=O)c4ccccc4)CC3)cc2)cc1. The minimum absolute atomic E-state index is 0.0999. The molecule has 8 heteroatoms. The number of sulfonamides is 1. The first-order valence-corrected chi connectivity index (χ1v) is 14.4. The molecule has 0 saturated carbocycles. The fourth-order valence-corrected chi connectivity index (χ4v) is 5.82. The summed E-state index contributed by atoms with van der Waals surface area (Å²) in [6.07, 6.45) is 0. The van der Waals surface area contributed by atoms with Gasteiger partial charge in [0.2, 0.25) is 10.0 Å². The van der Waals surface area contributed by atoms with Crippen molar-refractivity contribution in [2.75, 3.05) is 39.3 Å². The van der Waals surface area contributed by atoms with E-state index >= 15 is 0 Å². The summed E-state index contributed by atoms with van der Waals surface area (Å²) in [6, 6.07) is 24.2. The van der Waals surface area contributed by atoms with Gasteiger partial charge in [-0.15, -0.1) is 0 Å². The standard InChI is InChI=1S/C30H37N3O4S/c1-30(2,3)26-13-15-27(16-14-26)37-22-17-31-29(34)25-11-9-24(10-12-25)23-32-18-20-33(21-19-32)38(35,36)28-7-5-4-6-8-28/h4-16H,17-23H2,1-3H3,(H,31,34). The fourth-order valence-electron chi connectivity index (χ4n) is 4.38. The smallest absolute Gasteiger partial charge is 0.251 e. The van der Waals surface area contributed by atoms with Gasteiger partial charge >= 0.3 is 0 Å². The van der Waals surface area contributed by atoms with Crippen LogP contribution in [0.1, 0.15) is 42.3 Å². The molecule has 0 unspecified atom stereocenters. The first-order chi connectivity index (χ1) is 18.1. The lowest BCUT2D eigenvalue weighted by atomic mass is 9.87. The maximum Gasteiger partial charge on any atom is 0.251 e. The number of piperazine rings is 1. The van der Waals surface area contributed by atoms with Crippen LogP contribution in [0.2, 0.25) is 0 Å². The van der Waals surface area contributed by atoms with E-state index in [4.69, 9.17) is 4.74 Å². The normalized spacial score (nSPS) is 15.2. The average Bonchev–Trinajstić information content (AvgIpc) is 2.92. The first kappa shape index (κ1) is 27.8. The summed E-state index contributed by atoms with van der Waals surface area (Å²) in [4.78, 5) is 15.1. The molecule has 0 atom stereocenters. The summed E-state index contributed by atoms with van der Waals surface area (Å²) in [5.74, 6) is 0.651. The van der Waals surface area contributed by atoms with Crippen molar-refractivity contribution in [3.63, 3.8) is 0 Å². The molecule has 1 N–H and O–H groups in total. The summed E-state index contributed by atoms with van der Waals surface area (Å²) in [5.41, 5.74) is 3.04. The number of nitrogens with zero attached hydrogens (tertiary/aromatic N) is 2. The van der Waals surface area contributed by atoms with Crippen LogP contribution in [0, 0.1) is 0 Å². The first-order valence-electron chi connectivity index (χ1n) is 13.0. The lowest BCUT2D eigenvalue weighted by Crippen LogP contribution is -2.48. The number of nitrogens with one attached hydrogen (secondary N) is 1. The zero-order chi connectivity index (χ0) is 27.2. The van der Waals surface area contributed by atoms with E-state index in [1.54, 1.807) is 28.6 Å². The van der Waals surface area contributed by atoms with Gasteiger partial charge in [0.15, 0.2) is 0 Å². The maximum absolute atomic E-state index is 12.8. The molecule has 0 bridgehead atoms. The van der Waals surface area contributed by atoms with Crippen LogP contribution in [0.3, 0.4) is 0 Å². The molecule has 1 heterocycles. The minimum Gasteiger partial charge on any atom is -0.492 e. The second-order valence-electron chi connectivity index (χ2n) is 10.6. The molecule has 4 rings (SSSR count). The van der Waals surface area contributed by atoms with E-state index in [0.717, 1.165) is 11.3 Å². The molecular formula is C30H37N3O4S. The van der Waals surface area contributed by atoms with Gasteiger partial charge in [-0.05, 0) is 52.9 Å². The van der Waals surface area contributed by atoms with Gasteiger partial charge in [0, 0.05) is 38.3 Å². The largest absolute Gasteiger partial charge is 0.492 e. The molecule has 3 aromatic carbocycles. The molecule has 38 heavy (non-hydrogen) atoms. The van der Waals surface area contributed by atoms with E-state index in [0.29, 0.717) is 56.3 Å². The molecule has 1 amide bonds. The quantitative estimate of drug-likeness (QED) is 0.414. The van der Waals surface area contributed by atoms with Gasteiger partial charge in [-0.2, -0.15) is 4.31 Å². The number of amides is 1. The highest BCUT2D eigenvalue weighted by Gasteiger charge is 2.28. The van der Waals surface area contributed by atoms with Gasteiger partial charge in [-0.25, -0.2) is 8.42 Å². The van der Waals surface area contributed by atoms with Crippen molar-refractivity contribution in [3.8, 4) is 5.75 Å². The second-order valence-corrected chi connectivity index (χ2v) is 12.5. The second kappa shape index (κ2) is 12.1. The van der Waals surface area contributed by atoms with Crippen molar-refractivity contribution < 1.29 is 17.9 Å². The van der Waals surface area contributed by atoms with Crippen LogP contribution >= 0.6 is 0 Å². The molecule has 1 aliphatic heterocycles. The van der Waals surface area contributed by atoms with E-state index < -0.39 is 10.0 Å². The Morgan fingerprint density at radius 1 is 0.868 bits per heavy atom. The lowest BCUT2D eigenvalue weighted by molar-refractivity contribution is 0.0947. The summed E-state index contributed by atoms with van der Waals surface area (Å²) >= 11 is 0. The van der Waals surface area contributed by atoms with Crippen LogP contribution in [0.5, 0.6) is 5.75 Å². The van der Waals surface area contributed by atoms with Crippen LogP contribution in [-0.2, 0) is 22.0 Å². The summed E-state index contributed by atoms with van der Waals surface area (Å²) in [6.45, 7) is 10.3. The molecule has 3 aromatic rings. The summed E-state index contributed by atoms with van der Waals surface area (Å²) < 4.78 is 33.0. The van der Waals surface area contributed by atoms with E-state index in [1.807, 2.05) is 42.5 Å². The monoisotopic (exact) mass is 535 g/mol. The van der Waals surface area contributed by atoms with Crippen molar-refractivity contribution in [3.05, 3.63) is 95.6 Å².